The molecule has 2 rings (SSSR count). The fourth-order valence-corrected chi connectivity index (χ4v) is 2.73. The van der Waals surface area contributed by atoms with Crippen LogP contribution in [0.2, 0.25) is 0 Å². The summed E-state index contributed by atoms with van der Waals surface area (Å²) >= 11 is 0. The Hall–Kier alpha value is -2.02. The van der Waals surface area contributed by atoms with Gasteiger partial charge in [-0.3, -0.25) is 10.1 Å². The molecule has 1 heterocycles. The molecule has 1 saturated heterocycles. The number of methoxy groups -OCH3 is 1. The summed E-state index contributed by atoms with van der Waals surface area (Å²) in [5, 5.41) is 2.69. The van der Waals surface area contributed by atoms with Gasteiger partial charge in [-0.05, 0) is 37.0 Å². The van der Waals surface area contributed by atoms with Gasteiger partial charge in [0.05, 0.1) is 13.7 Å². The van der Waals surface area contributed by atoms with Gasteiger partial charge in [0.2, 0.25) is 5.91 Å². The molecule has 1 aliphatic rings. The second kappa shape index (κ2) is 8.19. The minimum atomic E-state index is -1.24. The van der Waals surface area contributed by atoms with Crippen LogP contribution in [0.5, 0.6) is 0 Å². The van der Waals surface area contributed by atoms with Crippen LogP contribution in [-0.4, -0.2) is 43.5 Å². The quantitative estimate of drug-likeness (QED) is 0.834. The Morgan fingerprint density at radius 1 is 1.33 bits per heavy atom. The summed E-state index contributed by atoms with van der Waals surface area (Å²) < 4.78 is 31.9. The van der Waals surface area contributed by atoms with Crippen LogP contribution in [0.3, 0.4) is 0 Å². The second-order valence-corrected chi connectivity index (χ2v) is 6.07. The van der Waals surface area contributed by atoms with Gasteiger partial charge < -0.3 is 9.64 Å². The van der Waals surface area contributed by atoms with E-state index >= 15 is 0 Å². The Balaban J connectivity index is 2.05. The summed E-state index contributed by atoms with van der Waals surface area (Å²) in [6.45, 7) is 3.32. The SMILES string of the molecule is COC(=O)[C@H](NCC(=O)N1CCC(C)CC1)c1cc(F)ccc1F. The average Bonchev–Trinajstić information content (AvgIpc) is 2.58. The molecule has 1 N–H and O–H groups in total. The molecule has 0 radical (unpaired) electrons. The molecule has 7 heteroatoms. The van der Waals surface area contributed by atoms with Crippen LogP contribution >= 0.6 is 0 Å². The summed E-state index contributed by atoms with van der Waals surface area (Å²) in [6, 6.07) is 1.60. The topological polar surface area (TPSA) is 58.6 Å². The van der Waals surface area contributed by atoms with Crippen LogP contribution in [-0.2, 0) is 14.3 Å². The van der Waals surface area contributed by atoms with E-state index in [9.17, 15) is 18.4 Å². The molecule has 5 nitrogen and oxygen atoms in total. The first-order valence-electron chi connectivity index (χ1n) is 7.96. The highest BCUT2D eigenvalue weighted by Gasteiger charge is 2.27. The summed E-state index contributed by atoms with van der Waals surface area (Å²) in [7, 11) is 1.15. The molecule has 1 atom stereocenters. The lowest BCUT2D eigenvalue weighted by atomic mass is 9.99. The third-order valence-electron chi connectivity index (χ3n) is 4.30. The van der Waals surface area contributed by atoms with Crippen LogP contribution in [0, 0.1) is 17.6 Å². The lowest BCUT2D eigenvalue weighted by Gasteiger charge is -2.30. The van der Waals surface area contributed by atoms with Crippen molar-refractivity contribution in [3.8, 4) is 0 Å². The molecule has 1 aromatic carbocycles. The standard InChI is InChI=1S/C17H22F2N2O3/c1-11-5-7-21(8-6-11)15(22)10-20-16(17(23)24-2)13-9-12(18)3-4-14(13)19/h3-4,9,11,16,20H,5-8,10H2,1-2H3/t16-/m1/s1. The fraction of sp³-hybridized carbons (Fsp3) is 0.529. The number of hydrogen-bond donors (Lipinski definition) is 1. The number of carbonyl (C=O) groups excluding carboxylic acids is 2. The van der Waals surface area contributed by atoms with Gasteiger partial charge in [0, 0.05) is 18.7 Å². The van der Waals surface area contributed by atoms with Crippen LogP contribution in [0.25, 0.3) is 0 Å². The molecule has 0 saturated carbocycles. The van der Waals surface area contributed by atoms with Crippen LogP contribution in [0.4, 0.5) is 8.78 Å². The number of ether oxygens (including phenoxy) is 1. The molecule has 1 amide bonds. The van der Waals surface area contributed by atoms with E-state index in [1.54, 1.807) is 4.90 Å². The summed E-state index contributed by atoms with van der Waals surface area (Å²) in [5.74, 6) is -1.77. The molecule has 0 bridgehead atoms. The predicted octanol–water partition coefficient (Wildman–Crippen LogP) is 2.03. The van der Waals surface area contributed by atoms with Gasteiger partial charge in [-0.15, -0.1) is 0 Å². The zero-order chi connectivity index (χ0) is 17.7. The molecule has 24 heavy (non-hydrogen) atoms. The van der Waals surface area contributed by atoms with E-state index in [4.69, 9.17) is 0 Å². The van der Waals surface area contributed by atoms with Crippen molar-refractivity contribution < 1.29 is 23.1 Å². The van der Waals surface area contributed by atoms with Crippen molar-refractivity contribution >= 4 is 11.9 Å². The summed E-state index contributed by atoms with van der Waals surface area (Å²) in [4.78, 5) is 25.9. The van der Waals surface area contributed by atoms with Crippen molar-refractivity contribution in [2.75, 3.05) is 26.7 Å². The van der Waals surface area contributed by atoms with E-state index in [0.717, 1.165) is 38.2 Å². The number of hydrogen-bond acceptors (Lipinski definition) is 4. The smallest absolute Gasteiger partial charge is 0.327 e. The predicted molar refractivity (Wildman–Crippen MR) is 84.1 cm³/mol. The molecule has 0 aromatic heterocycles. The Bertz CT molecular complexity index is 601. The van der Waals surface area contributed by atoms with E-state index in [-0.39, 0.29) is 18.0 Å². The third-order valence-corrected chi connectivity index (χ3v) is 4.30. The Morgan fingerprint density at radius 3 is 2.62 bits per heavy atom. The maximum absolute atomic E-state index is 13.9. The van der Waals surface area contributed by atoms with Gasteiger partial charge in [0.15, 0.2) is 0 Å². The molecule has 132 valence electrons. The fourth-order valence-electron chi connectivity index (χ4n) is 2.73. The van der Waals surface area contributed by atoms with Crippen LogP contribution in [0.15, 0.2) is 18.2 Å². The van der Waals surface area contributed by atoms with Gasteiger partial charge in [0.1, 0.15) is 17.7 Å². The molecule has 0 unspecified atom stereocenters. The highest BCUT2D eigenvalue weighted by molar-refractivity contribution is 5.81. The van der Waals surface area contributed by atoms with Crippen molar-refractivity contribution in [1.82, 2.24) is 10.2 Å². The molecule has 1 fully saturated rings. The average molecular weight is 340 g/mol. The number of piperidine rings is 1. The molecular formula is C17H22F2N2O3. The van der Waals surface area contributed by atoms with Crippen molar-refractivity contribution in [2.45, 2.75) is 25.8 Å². The first-order chi connectivity index (χ1) is 11.4. The lowest BCUT2D eigenvalue weighted by Crippen LogP contribution is -2.44. The van der Waals surface area contributed by atoms with E-state index in [1.807, 2.05) is 0 Å². The Morgan fingerprint density at radius 2 is 2.00 bits per heavy atom. The number of carbonyl (C=O) groups is 2. The van der Waals surface area contributed by atoms with Gasteiger partial charge in [-0.1, -0.05) is 6.92 Å². The maximum Gasteiger partial charge on any atom is 0.327 e. The molecule has 0 spiro atoms. The van der Waals surface area contributed by atoms with E-state index in [2.05, 4.69) is 17.0 Å². The van der Waals surface area contributed by atoms with Crippen molar-refractivity contribution in [3.05, 3.63) is 35.4 Å². The first-order valence-corrected chi connectivity index (χ1v) is 7.96. The summed E-state index contributed by atoms with van der Waals surface area (Å²) in [5.41, 5.74) is -0.179. The van der Waals surface area contributed by atoms with Gasteiger partial charge in [-0.25, -0.2) is 13.6 Å². The lowest BCUT2D eigenvalue weighted by molar-refractivity contribution is -0.143. The van der Waals surface area contributed by atoms with Crippen LogP contribution in [0.1, 0.15) is 31.4 Å². The van der Waals surface area contributed by atoms with Gasteiger partial charge >= 0.3 is 5.97 Å². The van der Waals surface area contributed by atoms with Crippen molar-refractivity contribution in [3.63, 3.8) is 0 Å². The number of rotatable bonds is 5. The highest BCUT2D eigenvalue weighted by atomic mass is 19.1. The first kappa shape index (κ1) is 18.3. The van der Waals surface area contributed by atoms with Crippen molar-refractivity contribution in [2.24, 2.45) is 5.92 Å². The normalized spacial score (nSPS) is 16.8. The molecular weight excluding hydrogens is 318 g/mol. The minimum absolute atomic E-state index is 0.149. The maximum atomic E-state index is 13.9. The number of nitrogens with zero attached hydrogens (tertiary/aromatic N) is 1. The number of halogens is 2. The number of nitrogens with one attached hydrogen (secondary N) is 1. The third kappa shape index (κ3) is 4.50. The Labute approximate surface area is 140 Å². The zero-order valence-electron chi connectivity index (χ0n) is 13.9. The van der Waals surface area contributed by atoms with E-state index < -0.39 is 23.6 Å². The number of likely N-dealkylation sites (tertiary alicyclic amines) is 1. The number of benzene rings is 1. The van der Waals surface area contributed by atoms with Crippen LogP contribution < -0.4 is 5.32 Å². The van der Waals surface area contributed by atoms with Gasteiger partial charge in [0.25, 0.3) is 0 Å². The van der Waals surface area contributed by atoms with Gasteiger partial charge in [-0.2, -0.15) is 0 Å². The zero-order valence-corrected chi connectivity index (χ0v) is 13.9. The molecule has 0 aliphatic carbocycles. The minimum Gasteiger partial charge on any atom is -0.468 e. The van der Waals surface area contributed by atoms with Crippen molar-refractivity contribution in [1.29, 1.82) is 0 Å². The van der Waals surface area contributed by atoms with E-state index in [0.29, 0.717) is 19.0 Å². The second-order valence-electron chi connectivity index (χ2n) is 6.07. The highest BCUT2D eigenvalue weighted by Crippen LogP contribution is 2.20. The molecule has 1 aromatic rings. The number of esters is 1. The monoisotopic (exact) mass is 340 g/mol. The Kier molecular flexibility index (Phi) is 6.25. The molecule has 1 aliphatic heterocycles. The summed E-state index contributed by atoms with van der Waals surface area (Å²) in [6.07, 6.45) is 1.87. The number of amides is 1. The van der Waals surface area contributed by atoms with E-state index in [1.165, 1.54) is 0 Å². The largest absolute Gasteiger partial charge is 0.468 e.